The van der Waals surface area contributed by atoms with Crippen molar-refractivity contribution in [1.82, 2.24) is 15.3 Å². The Balaban J connectivity index is 2.42. The van der Waals surface area contributed by atoms with Gasteiger partial charge in [-0.05, 0) is 12.8 Å². The number of aryl methyl sites for hydroxylation is 1. The molecule has 0 fully saturated rings. The maximum Gasteiger partial charge on any atom is 0.239 e. The molecule has 0 bridgehead atoms. The van der Waals surface area contributed by atoms with Crippen LogP contribution in [0.25, 0.3) is 0 Å². The Kier molecular flexibility index (Phi) is 4.68. The summed E-state index contributed by atoms with van der Waals surface area (Å²) in [6, 6.07) is 1.60. The molecule has 0 aromatic carbocycles. The Labute approximate surface area is 101 Å². The second kappa shape index (κ2) is 6.03. The molecule has 1 amide bonds. The number of hydrogen-bond acceptors (Lipinski definition) is 5. The first-order valence-corrected chi connectivity index (χ1v) is 5.59. The van der Waals surface area contributed by atoms with Gasteiger partial charge in [0.25, 0.3) is 0 Å². The molecule has 0 aliphatic rings. The van der Waals surface area contributed by atoms with E-state index in [0.29, 0.717) is 29.9 Å². The number of carbonyl (C=O) groups is 1. The largest absolute Gasteiger partial charge is 0.384 e. The predicted molar refractivity (Wildman–Crippen MR) is 67.5 cm³/mol. The van der Waals surface area contributed by atoms with Crippen LogP contribution in [0, 0.1) is 12.8 Å². The molecule has 1 aromatic heterocycles. The quantitative estimate of drug-likeness (QED) is 0.695. The molecule has 6 nitrogen and oxygen atoms in total. The fraction of sp³-hybridized carbons (Fsp3) is 0.545. The summed E-state index contributed by atoms with van der Waals surface area (Å²) >= 11 is 0. The number of rotatable bonds is 5. The SMILES string of the molecule is Cc1nc(N)cc(NCC(=O)NCC(C)C)n1. The van der Waals surface area contributed by atoms with Crippen molar-refractivity contribution in [2.45, 2.75) is 20.8 Å². The highest BCUT2D eigenvalue weighted by atomic mass is 16.1. The minimum atomic E-state index is -0.0615. The van der Waals surface area contributed by atoms with E-state index in [1.165, 1.54) is 0 Å². The van der Waals surface area contributed by atoms with E-state index in [4.69, 9.17) is 5.73 Å². The van der Waals surface area contributed by atoms with Crippen molar-refractivity contribution in [1.29, 1.82) is 0 Å². The van der Waals surface area contributed by atoms with Crippen LogP contribution in [-0.4, -0.2) is 29.0 Å². The number of nitrogens with zero attached hydrogens (tertiary/aromatic N) is 2. The minimum absolute atomic E-state index is 0.0615. The molecule has 0 spiro atoms. The lowest BCUT2D eigenvalue weighted by atomic mass is 10.2. The van der Waals surface area contributed by atoms with Crippen LogP contribution in [0.3, 0.4) is 0 Å². The van der Waals surface area contributed by atoms with Gasteiger partial charge in [0.15, 0.2) is 0 Å². The van der Waals surface area contributed by atoms with Crippen molar-refractivity contribution in [2.75, 3.05) is 24.1 Å². The van der Waals surface area contributed by atoms with Crippen LogP contribution in [0.5, 0.6) is 0 Å². The van der Waals surface area contributed by atoms with E-state index >= 15 is 0 Å². The first-order chi connectivity index (χ1) is 7.97. The molecule has 94 valence electrons. The number of nitrogens with two attached hydrogens (primary N) is 1. The lowest BCUT2D eigenvalue weighted by Crippen LogP contribution is -2.32. The summed E-state index contributed by atoms with van der Waals surface area (Å²) in [4.78, 5) is 19.5. The number of aromatic nitrogens is 2. The molecule has 1 aromatic rings. The zero-order valence-electron chi connectivity index (χ0n) is 10.4. The number of nitrogen functional groups attached to an aromatic ring is 1. The molecule has 4 N–H and O–H groups in total. The van der Waals surface area contributed by atoms with Crippen LogP contribution < -0.4 is 16.4 Å². The van der Waals surface area contributed by atoms with Gasteiger partial charge in [-0.25, -0.2) is 9.97 Å². The molecule has 0 saturated carbocycles. The third-order valence-corrected chi connectivity index (χ3v) is 2.00. The van der Waals surface area contributed by atoms with Gasteiger partial charge in [0, 0.05) is 12.6 Å². The van der Waals surface area contributed by atoms with Gasteiger partial charge in [0.2, 0.25) is 5.91 Å². The van der Waals surface area contributed by atoms with Crippen molar-refractivity contribution in [3.05, 3.63) is 11.9 Å². The monoisotopic (exact) mass is 237 g/mol. The van der Waals surface area contributed by atoms with Crippen molar-refractivity contribution in [3.63, 3.8) is 0 Å². The first kappa shape index (κ1) is 13.2. The van der Waals surface area contributed by atoms with Gasteiger partial charge in [-0.15, -0.1) is 0 Å². The molecule has 0 aliphatic heterocycles. The van der Waals surface area contributed by atoms with Crippen LogP contribution in [0.1, 0.15) is 19.7 Å². The van der Waals surface area contributed by atoms with Crippen molar-refractivity contribution >= 4 is 17.5 Å². The number of hydrogen-bond donors (Lipinski definition) is 3. The summed E-state index contributed by atoms with van der Waals surface area (Å²) in [6.07, 6.45) is 0. The molecule has 0 unspecified atom stereocenters. The molecule has 0 saturated heterocycles. The highest BCUT2D eigenvalue weighted by Gasteiger charge is 2.04. The van der Waals surface area contributed by atoms with E-state index in [1.807, 2.05) is 13.8 Å². The molecular formula is C11H19N5O. The molecule has 0 aliphatic carbocycles. The molecule has 1 rings (SSSR count). The normalized spacial score (nSPS) is 10.4. The Morgan fingerprint density at radius 3 is 2.76 bits per heavy atom. The standard InChI is InChI=1S/C11H19N5O/c1-7(2)5-14-11(17)6-13-10-4-9(12)15-8(3)16-10/h4,7H,5-6H2,1-3H3,(H,14,17)(H3,12,13,15,16). The number of amides is 1. The lowest BCUT2D eigenvalue weighted by Gasteiger charge is -2.09. The van der Waals surface area contributed by atoms with Crippen LogP contribution in [0.2, 0.25) is 0 Å². The lowest BCUT2D eigenvalue weighted by molar-refractivity contribution is -0.119. The Hall–Kier alpha value is -1.85. The van der Waals surface area contributed by atoms with E-state index in [0.717, 1.165) is 0 Å². The summed E-state index contributed by atoms with van der Waals surface area (Å²) in [6.45, 7) is 6.69. The minimum Gasteiger partial charge on any atom is -0.384 e. The smallest absolute Gasteiger partial charge is 0.239 e. The molecule has 1 heterocycles. The van der Waals surface area contributed by atoms with Crippen LogP contribution in [0.4, 0.5) is 11.6 Å². The Morgan fingerprint density at radius 2 is 2.18 bits per heavy atom. The Morgan fingerprint density at radius 1 is 1.47 bits per heavy atom. The van der Waals surface area contributed by atoms with Gasteiger partial charge in [-0.3, -0.25) is 4.79 Å². The molecule has 17 heavy (non-hydrogen) atoms. The first-order valence-electron chi connectivity index (χ1n) is 5.59. The van der Waals surface area contributed by atoms with Crippen molar-refractivity contribution in [3.8, 4) is 0 Å². The maximum atomic E-state index is 11.4. The fourth-order valence-corrected chi connectivity index (χ4v) is 1.23. The van der Waals surface area contributed by atoms with Gasteiger partial charge in [0.1, 0.15) is 17.5 Å². The number of carbonyl (C=O) groups excluding carboxylic acids is 1. The number of anilines is 2. The zero-order valence-corrected chi connectivity index (χ0v) is 10.4. The van der Waals surface area contributed by atoms with Crippen molar-refractivity contribution in [2.24, 2.45) is 5.92 Å². The van der Waals surface area contributed by atoms with E-state index in [9.17, 15) is 4.79 Å². The molecule has 0 atom stereocenters. The summed E-state index contributed by atoms with van der Waals surface area (Å²) < 4.78 is 0. The van der Waals surface area contributed by atoms with Gasteiger partial charge >= 0.3 is 0 Å². The Bertz CT molecular complexity index is 371. The van der Waals surface area contributed by atoms with E-state index < -0.39 is 0 Å². The summed E-state index contributed by atoms with van der Waals surface area (Å²) in [5.74, 6) is 1.91. The second-order valence-electron chi connectivity index (χ2n) is 4.28. The van der Waals surface area contributed by atoms with Gasteiger partial charge in [0.05, 0.1) is 6.54 Å². The number of nitrogens with one attached hydrogen (secondary N) is 2. The van der Waals surface area contributed by atoms with E-state index in [1.54, 1.807) is 13.0 Å². The summed E-state index contributed by atoms with van der Waals surface area (Å²) in [7, 11) is 0. The topological polar surface area (TPSA) is 92.9 Å². The average Bonchev–Trinajstić information content (AvgIpc) is 2.22. The molecule has 6 heteroatoms. The average molecular weight is 237 g/mol. The van der Waals surface area contributed by atoms with Gasteiger partial charge < -0.3 is 16.4 Å². The predicted octanol–water partition coefficient (Wildman–Crippen LogP) is 0.551. The third kappa shape index (κ3) is 5.14. The van der Waals surface area contributed by atoms with E-state index in [-0.39, 0.29) is 12.5 Å². The van der Waals surface area contributed by atoms with Crippen LogP contribution in [-0.2, 0) is 4.79 Å². The maximum absolute atomic E-state index is 11.4. The van der Waals surface area contributed by atoms with Gasteiger partial charge in [-0.2, -0.15) is 0 Å². The van der Waals surface area contributed by atoms with Crippen LogP contribution in [0.15, 0.2) is 6.07 Å². The molecule has 0 radical (unpaired) electrons. The highest BCUT2D eigenvalue weighted by molar-refractivity contribution is 5.80. The van der Waals surface area contributed by atoms with Crippen molar-refractivity contribution < 1.29 is 4.79 Å². The molecular weight excluding hydrogens is 218 g/mol. The van der Waals surface area contributed by atoms with Gasteiger partial charge in [-0.1, -0.05) is 13.8 Å². The van der Waals surface area contributed by atoms with Crippen LogP contribution >= 0.6 is 0 Å². The summed E-state index contributed by atoms with van der Waals surface area (Å²) in [5, 5.41) is 5.71. The summed E-state index contributed by atoms with van der Waals surface area (Å²) in [5.41, 5.74) is 5.57. The zero-order chi connectivity index (χ0) is 12.8. The fourth-order valence-electron chi connectivity index (χ4n) is 1.23. The second-order valence-corrected chi connectivity index (χ2v) is 4.28. The highest BCUT2D eigenvalue weighted by Crippen LogP contribution is 2.06. The third-order valence-electron chi connectivity index (χ3n) is 2.00. The van der Waals surface area contributed by atoms with E-state index in [2.05, 4.69) is 20.6 Å².